The van der Waals surface area contributed by atoms with Crippen molar-refractivity contribution in [3.05, 3.63) is 28.8 Å². The van der Waals surface area contributed by atoms with Crippen molar-refractivity contribution < 1.29 is 4.74 Å². The van der Waals surface area contributed by atoms with Crippen LogP contribution in [-0.2, 0) is 0 Å². The number of hydrogen-bond acceptors (Lipinski definition) is 2. The lowest BCUT2D eigenvalue weighted by Gasteiger charge is -2.31. The van der Waals surface area contributed by atoms with E-state index in [2.05, 4.69) is 12.2 Å². The van der Waals surface area contributed by atoms with Gasteiger partial charge in [0.05, 0.1) is 0 Å². The number of rotatable bonds is 2. The Morgan fingerprint density at radius 3 is 3.00 bits per heavy atom. The van der Waals surface area contributed by atoms with Crippen LogP contribution in [0.3, 0.4) is 0 Å². The molecule has 1 heterocycles. The minimum Gasteiger partial charge on any atom is -0.490 e. The Hall–Kier alpha value is -0.730. The fourth-order valence-electron chi connectivity index (χ4n) is 2.04. The minimum absolute atomic E-state index is 0.316. The molecule has 82 valence electrons. The molecule has 0 fully saturated rings. The van der Waals surface area contributed by atoms with Gasteiger partial charge < -0.3 is 10.1 Å². The first-order valence-corrected chi connectivity index (χ1v) is 5.75. The van der Waals surface area contributed by atoms with Crippen molar-refractivity contribution in [2.45, 2.75) is 31.9 Å². The molecule has 3 heteroatoms. The Bertz CT molecular complexity index is 353. The summed E-state index contributed by atoms with van der Waals surface area (Å²) in [6, 6.07) is 6.19. The first kappa shape index (κ1) is 10.8. The van der Waals surface area contributed by atoms with Gasteiger partial charge in [0.25, 0.3) is 0 Å². The zero-order valence-electron chi connectivity index (χ0n) is 9.09. The summed E-state index contributed by atoms with van der Waals surface area (Å²) in [4.78, 5) is 0. The Balaban J connectivity index is 2.35. The van der Waals surface area contributed by atoms with Crippen molar-refractivity contribution in [3.8, 4) is 5.75 Å². The van der Waals surface area contributed by atoms with Gasteiger partial charge in [-0.3, -0.25) is 0 Å². The second kappa shape index (κ2) is 4.42. The molecule has 0 spiro atoms. The highest BCUT2D eigenvalue weighted by Crippen LogP contribution is 2.36. The Labute approximate surface area is 95.6 Å². The summed E-state index contributed by atoms with van der Waals surface area (Å²) in [5.41, 5.74) is 1.18. The van der Waals surface area contributed by atoms with Crippen LogP contribution >= 0.6 is 11.6 Å². The number of nitrogens with one attached hydrogen (secondary N) is 1. The van der Waals surface area contributed by atoms with Crippen molar-refractivity contribution >= 4 is 11.6 Å². The van der Waals surface area contributed by atoms with Crippen LogP contribution in [0.15, 0.2) is 18.2 Å². The maximum Gasteiger partial charge on any atom is 0.124 e. The molecule has 1 aromatic carbocycles. The van der Waals surface area contributed by atoms with E-state index in [0.29, 0.717) is 12.1 Å². The van der Waals surface area contributed by atoms with E-state index in [-0.39, 0.29) is 0 Å². The van der Waals surface area contributed by atoms with Gasteiger partial charge in [-0.15, -0.1) is 0 Å². The van der Waals surface area contributed by atoms with E-state index in [0.717, 1.165) is 23.6 Å². The van der Waals surface area contributed by atoms with Gasteiger partial charge in [0.15, 0.2) is 0 Å². The molecule has 1 aromatic rings. The fraction of sp³-hybridized carbons (Fsp3) is 0.500. The van der Waals surface area contributed by atoms with Crippen molar-refractivity contribution in [1.82, 2.24) is 5.32 Å². The zero-order chi connectivity index (χ0) is 10.8. The SMILES string of the molecule is CCC1CC(NC)c2cc(Cl)ccc2O1. The van der Waals surface area contributed by atoms with Crippen LogP contribution in [-0.4, -0.2) is 13.2 Å². The normalized spacial score (nSPS) is 24.5. The lowest BCUT2D eigenvalue weighted by Crippen LogP contribution is -2.30. The number of fused-ring (bicyclic) bond motifs is 1. The van der Waals surface area contributed by atoms with Gasteiger partial charge in [-0.2, -0.15) is 0 Å². The van der Waals surface area contributed by atoms with Gasteiger partial charge in [-0.05, 0) is 31.7 Å². The summed E-state index contributed by atoms with van der Waals surface area (Å²) in [7, 11) is 1.98. The molecule has 2 unspecified atom stereocenters. The second-order valence-electron chi connectivity index (χ2n) is 3.91. The van der Waals surface area contributed by atoms with Crippen molar-refractivity contribution in [3.63, 3.8) is 0 Å². The quantitative estimate of drug-likeness (QED) is 0.835. The molecule has 0 amide bonds. The molecule has 0 radical (unpaired) electrons. The third kappa shape index (κ3) is 2.11. The summed E-state index contributed by atoms with van der Waals surface area (Å²) < 4.78 is 5.87. The van der Waals surface area contributed by atoms with E-state index in [1.165, 1.54) is 5.56 Å². The summed E-state index contributed by atoms with van der Waals surface area (Å²) >= 11 is 5.99. The summed E-state index contributed by atoms with van der Waals surface area (Å²) in [5.74, 6) is 0.969. The van der Waals surface area contributed by atoms with Crippen molar-refractivity contribution in [1.29, 1.82) is 0 Å². The molecule has 0 bridgehead atoms. The van der Waals surface area contributed by atoms with Gasteiger partial charge in [-0.1, -0.05) is 18.5 Å². The molecule has 2 nitrogen and oxygen atoms in total. The maximum atomic E-state index is 5.99. The molecule has 2 atom stereocenters. The molecule has 2 rings (SSSR count). The summed E-state index contributed by atoms with van der Waals surface area (Å²) in [6.07, 6.45) is 2.37. The Kier molecular flexibility index (Phi) is 3.17. The zero-order valence-corrected chi connectivity index (χ0v) is 9.84. The van der Waals surface area contributed by atoms with Crippen molar-refractivity contribution in [2.24, 2.45) is 0 Å². The van der Waals surface area contributed by atoms with Gasteiger partial charge in [0, 0.05) is 23.0 Å². The topological polar surface area (TPSA) is 21.3 Å². The Morgan fingerprint density at radius 1 is 1.53 bits per heavy atom. The lowest BCUT2D eigenvalue weighted by molar-refractivity contribution is 0.148. The minimum atomic E-state index is 0.316. The van der Waals surface area contributed by atoms with E-state index < -0.39 is 0 Å². The van der Waals surface area contributed by atoms with E-state index in [4.69, 9.17) is 16.3 Å². The molecule has 15 heavy (non-hydrogen) atoms. The summed E-state index contributed by atoms with van der Waals surface area (Å²) in [5, 5.41) is 4.08. The van der Waals surface area contributed by atoms with Crippen LogP contribution in [0, 0.1) is 0 Å². The standard InChI is InChI=1S/C12H16ClNO/c1-3-9-7-11(14-2)10-6-8(13)4-5-12(10)15-9/h4-6,9,11,14H,3,7H2,1-2H3. The van der Waals surface area contributed by atoms with Crippen molar-refractivity contribution in [2.75, 3.05) is 7.05 Å². The average Bonchev–Trinajstić information content (AvgIpc) is 2.27. The highest BCUT2D eigenvalue weighted by Gasteiger charge is 2.26. The van der Waals surface area contributed by atoms with Gasteiger partial charge >= 0.3 is 0 Å². The molecule has 1 aliphatic heterocycles. The van der Waals surface area contributed by atoms with Gasteiger partial charge in [-0.25, -0.2) is 0 Å². The predicted molar refractivity (Wildman–Crippen MR) is 62.6 cm³/mol. The maximum absolute atomic E-state index is 5.99. The van der Waals surface area contributed by atoms with Crippen LogP contribution in [0.5, 0.6) is 5.75 Å². The van der Waals surface area contributed by atoms with E-state index in [1.54, 1.807) is 0 Å². The van der Waals surface area contributed by atoms with Crippen LogP contribution in [0.25, 0.3) is 0 Å². The first-order chi connectivity index (χ1) is 7.24. The predicted octanol–water partition coefficient (Wildman–Crippen LogP) is 3.16. The number of ether oxygens (including phenoxy) is 1. The average molecular weight is 226 g/mol. The van der Waals surface area contributed by atoms with Crippen LogP contribution in [0.4, 0.5) is 0 Å². The number of benzene rings is 1. The van der Waals surface area contributed by atoms with Gasteiger partial charge in [0.1, 0.15) is 11.9 Å². The van der Waals surface area contributed by atoms with Gasteiger partial charge in [0.2, 0.25) is 0 Å². The number of hydrogen-bond donors (Lipinski definition) is 1. The summed E-state index contributed by atoms with van der Waals surface area (Å²) in [6.45, 7) is 2.15. The lowest BCUT2D eigenvalue weighted by atomic mass is 9.95. The Morgan fingerprint density at radius 2 is 2.33 bits per heavy atom. The van der Waals surface area contributed by atoms with E-state index >= 15 is 0 Å². The van der Waals surface area contributed by atoms with E-state index in [9.17, 15) is 0 Å². The third-order valence-electron chi connectivity index (χ3n) is 2.94. The molecule has 0 saturated carbocycles. The third-order valence-corrected chi connectivity index (χ3v) is 3.18. The van der Waals surface area contributed by atoms with Crippen LogP contribution in [0.2, 0.25) is 5.02 Å². The highest BCUT2D eigenvalue weighted by atomic mass is 35.5. The smallest absolute Gasteiger partial charge is 0.124 e. The monoisotopic (exact) mass is 225 g/mol. The number of halogens is 1. The molecule has 0 saturated heterocycles. The van der Waals surface area contributed by atoms with E-state index in [1.807, 2.05) is 25.2 Å². The first-order valence-electron chi connectivity index (χ1n) is 5.38. The largest absolute Gasteiger partial charge is 0.490 e. The molecule has 0 aliphatic carbocycles. The molecule has 1 aliphatic rings. The molecular weight excluding hydrogens is 210 g/mol. The van der Waals surface area contributed by atoms with Crippen LogP contribution < -0.4 is 10.1 Å². The van der Waals surface area contributed by atoms with Crippen LogP contribution in [0.1, 0.15) is 31.4 Å². The second-order valence-corrected chi connectivity index (χ2v) is 4.34. The molecular formula is C12H16ClNO. The molecule has 0 aromatic heterocycles. The highest BCUT2D eigenvalue weighted by molar-refractivity contribution is 6.30. The fourth-order valence-corrected chi connectivity index (χ4v) is 2.22. The molecule has 1 N–H and O–H groups in total.